The second-order valence-corrected chi connectivity index (χ2v) is 9.99. The van der Waals surface area contributed by atoms with Gasteiger partial charge in [-0.15, -0.1) is 0 Å². The predicted molar refractivity (Wildman–Crippen MR) is 159 cm³/mol. The summed E-state index contributed by atoms with van der Waals surface area (Å²) >= 11 is 0. The van der Waals surface area contributed by atoms with Gasteiger partial charge in [0.05, 0.1) is 24.2 Å². The van der Waals surface area contributed by atoms with Crippen molar-refractivity contribution in [1.29, 1.82) is 0 Å². The average Bonchev–Trinajstić information content (AvgIpc) is 3.48. The van der Waals surface area contributed by atoms with Crippen LogP contribution in [0.5, 0.6) is 5.75 Å². The maximum absolute atomic E-state index is 14.3. The summed E-state index contributed by atoms with van der Waals surface area (Å²) in [6.45, 7) is 4.61. The van der Waals surface area contributed by atoms with Gasteiger partial charge in [-0.25, -0.2) is 4.79 Å². The highest BCUT2D eigenvalue weighted by atomic mass is 16.5. The molecule has 0 spiro atoms. The zero-order valence-corrected chi connectivity index (χ0v) is 23.3. The molecule has 40 heavy (non-hydrogen) atoms. The van der Waals surface area contributed by atoms with Crippen molar-refractivity contribution in [3.05, 3.63) is 108 Å². The smallest absolute Gasteiger partial charge is 0.322 e. The molecular formula is C33H36N4O3. The number of nitrogens with one attached hydrogen (secondary N) is 1. The first-order valence-corrected chi connectivity index (χ1v) is 13.9. The van der Waals surface area contributed by atoms with Gasteiger partial charge in [-0.3, -0.25) is 9.69 Å². The molecule has 7 heteroatoms. The number of nitrogens with zero attached hydrogens (tertiary/aromatic N) is 3. The van der Waals surface area contributed by atoms with E-state index in [2.05, 4.69) is 23.7 Å². The molecule has 0 saturated carbocycles. The first-order chi connectivity index (χ1) is 19.5. The second kappa shape index (κ2) is 12.1. The van der Waals surface area contributed by atoms with Crippen molar-refractivity contribution in [3.63, 3.8) is 0 Å². The zero-order valence-electron chi connectivity index (χ0n) is 23.3. The monoisotopic (exact) mass is 536 g/mol. The molecule has 5 rings (SSSR count). The number of ether oxygens (including phenoxy) is 1. The number of aryl methyl sites for hydroxylation is 1. The Balaban J connectivity index is 1.49. The van der Waals surface area contributed by atoms with Crippen molar-refractivity contribution in [2.24, 2.45) is 0 Å². The first kappa shape index (κ1) is 27.1. The van der Waals surface area contributed by atoms with Crippen LogP contribution in [0.4, 0.5) is 16.2 Å². The molecule has 206 valence electrons. The van der Waals surface area contributed by atoms with Crippen molar-refractivity contribution >= 4 is 23.3 Å². The Hall–Kier alpha value is -4.52. The Morgan fingerprint density at radius 3 is 2.42 bits per heavy atom. The van der Waals surface area contributed by atoms with Gasteiger partial charge in [-0.1, -0.05) is 56.7 Å². The molecule has 1 aliphatic rings. The van der Waals surface area contributed by atoms with Crippen LogP contribution in [0.15, 0.2) is 91.1 Å². The predicted octanol–water partition coefficient (Wildman–Crippen LogP) is 6.82. The van der Waals surface area contributed by atoms with Gasteiger partial charge in [-0.2, -0.15) is 0 Å². The quantitative estimate of drug-likeness (QED) is 0.255. The van der Waals surface area contributed by atoms with Gasteiger partial charge in [0.25, 0.3) is 0 Å². The summed E-state index contributed by atoms with van der Waals surface area (Å²) in [7, 11) is 1.64. The number of hydrogen-bond donors (Lipinski definition) is 1. The summed E-state index contributed by atoms with van der Waals surface area (Å²) in [4.78, 5) is 31.3. The molecule has 0 bridgehead atoms. The second-order valence-electron chi connectivity index (χ2n) is 9.99. The maximum atomic E-state index is 14.3. The summed E-state index contributed by atoms with van der Waals surface area (Å²) in [5.41, 5.74) is 5.56. The van der Waals surface area contributed by atoms with Crippen LogP contribution >= 0.6 is 0 Å². The molecule has 2 heterocycles. The van der Waals surface area contributed by atoms with Crippen molar-refractivity contribution in [2.75, 3.05) is 30.4 Å². The number of hydrogen-bond acceptors (Lipinski definition) is 3. The van der Waals surface area contributed by atoms with E-state index in [1.165, 1.54) is 0 Å². The van der Waals surface area contributed by atoms with Crippen LogP contribution in [-0.2, 0) is 11.2 Å². The minimum Gasteiger partial charge on any atom is -0.497 e. The summed E-state index contributed by atoms with van der Waals surface area (Å²) < 4.78 is 7.52. The van der Waals surface area contributed by atoms with Gasteiger partial charge in [0.15, 0.2) is 0 Å². The molecule has 0 saturated heterocycles. The lowest BCUT2D eigenvalue weighted by Gasteiger charge is -2.39. The van der Waals surface area contributed by atoms with E-state index in [9.17, 15) is 9.59 Å². The van der Waals surface area contributed by atoms with E-state index in [1.54, 1.807) is 12.0 Å². The summed E-state index contributed by atoms with van der Waals surface area (Å²) in [5, 5.41) is 3.02. The van der Waals surface area contributed by atoms with Gasteiger partial charge < -0.3 is 19.5 Å². The molecule has 3 aromatic carbocycles. The van der Waals surface area contributed by atoms with E-state index < -0.39 is 0 Å². The Morgan fingerprint density at radius 1 is 0.925 bits per heavy atom. The number of amides is 3. The number of unbranched alkanes of at least 4 members (excludes halogenated alkanes) is 1. The fourth-order valence-corrected chi connectivity index (χ4v) is 5.28. The fourth-order valence-electron chi connectivity index (χ4n) is 5.28. The highest BCUT2D eigenvalue weighted by Gasteiger charge is 2.37. The van der Waals surface area contributed by atoms with Crippen LogP contribution in [0, 0.1) is 0 Å². The molecule has 7 nitrogen and oxygen atoms in total. The number of methoxy groups -OCH3 is 1. The van der Waals surface area contributed by atoms with E-state index in [0.29, 0.717) is 6.54 Å². The van der Waals surface area contributed by atoms with Crippen molar-refractivity contribution in [3.8, 4) is 11.4 Å². The van der Waals surface area contributed by atoms with Crippen molar-refractivity contribution < 1.29 is 14.3 Å². The molecule has 3 amide bonds. The molecular weight excluding hydrogens is 500 g/mol. The lowest BCUT2D eigenvalue weighted by atomic mass is 9.97. The average molecular weight is 537 g/mol. The lowest BCUT2D eigenvalue weighted by molar-refractivity contribution is -0.119. The van der Waals surface area contributed by atoms with Gasteiger partial charge in [0.2, 0.25) is 5.91 Å². The third-order valence-electron chi connectivity index (χ3n) is 7.40. The van der Waals surface area contributed by atoms with Crippen LogP contribution in [-0.4, -0.2) is 41.6 Å². The van der Waals surface area contributed by atoms with Gasteiger partial charge in [0, 0.05) is 18.4 Å². The minimum absolute atomic E-state index is 0.0407. The van der Waals surface area contributed by atoms with Crippen LogP contribution < -0.4 is 15.0 Å². The molecule has 1 N–H and O–H groups in total. The Labute approximate surface area is 236 Å². The third kappa shape index (κ3) is 5.45. The fraction of sp³-hybridized carbons (Fsp3) is 0.273. The zero-order chi connectivity index (χ0) is 28.1. The highest BCUT2D eigenvalue weighted by Crippen LogP contribution is 2.42. The SMILES string of the molecule is CCCCN(CC(=O)N1c2ccccc2-n2cccc2C1c1ccc(OC)cc1)C(=O)Nc1cccc(CC)c1. The molecule has 1 aliphatic heterocycles. The molecule has 0 aliphatic carbocycles. The van der Waals surface area contributed by atoms with Gasteiger partial charge in [0.1, 0.15) is 18.3 Å². The largest absolute Gasteiger partial charge is 0.497 e. The number of benzene rings is 3. The van der Waals surface area contributed by atoms with E-state index in [1.807, 2.05) is 96.0 Å². The van der Waals surface area contributed by atoms with Crippen LogP contribution in [0.25, 0.3) is 5.69 Å². The maximum Gasteiger partial charge on any atom is 0.322 e. The van der Waals surface area contributed by atoms with Crippen molar-refractivity contribution in [2.45, 2.75) is 39.2 Å². The number of urea groups is 1. The molecule has 0 fully saturated rings. The van der Waals surface area contributed by atoms with E-state index >= 15 is 0 Å². The number of para-hydroxylation sites is 2. The summed E-state index contributed by atoms with van der Waals surface area (Å²) in [5.74, 6) is 0.608. The van der Waals surface area contributed by atoms with Crippen LogP contribution in [0.2, 0.25) is 0 Å². The van der Waals surface area contributed by atoms with Gasteiger partial charge in [-0.05, 0) is 72.5 Å². The van der Waals surface area contributed by atoms with E-state index in [0.717, 1.165) is 58.9 Å². The van der Waals surface area contributed by atoms with E-state index in [-0.39, 0.29) is 24.5 Å². The van der Waals surface area contributed by atoms with Gasteiger partial charge >= 0.3 is 6.03 Å². The number of carbonyl (C=O) groups is 2. The summed E-state index contributed by atoms with van der Waals surface area (Å²) in [6, 6.07) is 27.0. The standard InChI is InChI=1S/C33H36N4O3/c1-4-6-20-35(33(39)34-26-12-9-11-24(5-2)22-26)23-31(38)37-29-14-8-7-13-28(29)36-21-10-15-30(36)32(37)25-16-18-27(40-3)19-17-25/h7-19,21-22,32H,4-6,20,23H2,1-3H3,(H,34,39). The molecule has 4 aromatic rings. The number of fused-ring (bicyclic) bond motifs is 3. The first-order valence-electron chi connectivity index (χ1n) is 13.9. The number of anilines is 2. The van der Waals surface area contributed by atoms with Crippen molar-refractivity contribution in [1.82, 2.24) is 9.47 Å². The summed E-state index contributed by atoms with van der Waals surface area (Å²) in [6.07, 6.45) is 4.62. The minimum atomic E-state index is -0.361. The number of carbonyl (C=O) groups excluding carboxylic acids is 2. The third-order valence-corrected chi connectivity index (χ3v) is 7.40. The number of rotatable bonds is 9. The Kier molecular flexibility index (Phi) is 8.20. The molecule has 1 aromatic heterocycles. The molecule has 1 unspecified atom stereocenters. The molecule has 0 radical (unpaired) electrons. The lowest BCUT2D eigenvalue weighted by Crippen LogP contribution is -2.48. The number of aromatic nitrogens is 1. The Morgan fingerprint density at radius 2 is 1.70 bits per heavy atom. The molecule has 1 atom stereocenters. The topological polar surface area (TPSA) is 66.8 Å². The Bertz CT molecular complexity index is 1480. The van der Waals surface area contributed by atoms with Crippen LogP contribution in [0.1, 0.15) is 49.6 Å². The van der Waals surface area contributed by atoms with Crippen LogP contribution in [0.3, 0.4) is 0 Å². The van der Waals surface area contributed by atoms with E-state index in [4.69, 9.17) is 4.74 Å². The normalized spacial score (nSPS) is 13.8. The highest BCUT2D eigenvalue weighted by molar-refractivity contribution is 6.01.